The minimum absolute atomic E-state index is 0.108. The quantitative estimate of drug-likeness (QED) is 0.684. The Morgan fingerprint density at radius 3 is 2.62 bits per heavy atom. The molecule has 0 saturated carbocycles. The number of ether oxygens (including phenoxy) is 1. The molecule has 2 aromatic carbocycles. The molecule has 3 aromatic rings. The van der Waals surface area contributed by atoms with Crippen LogP contribution in [-0.4, -0.2) is 29.3 Å². The normalized spacial score (nSPS) is 16.8. The van der Waals surface area contributed by atoms with Crippen LogP contribution in [0.25, 0.3) is 0 Å². The molecule has 32 heavy (non-hydrogen) atoms. The number of amides is 1. The molecule has 1 aromatic heterocycles. The number of carbonyl (C=O) groups is 2. The first-order chi connectivity index (χ1) is 15.6. The number of carbonyl (C=O) groups excluding carboxylic acids is 2. The number of pyridine rings is 1. The van der Waals surface area contributed by atoms with Crippen molar-refractivity contribution in [3.63, 3.8) is 0 Å². The first-order valence-electron chi connectivity index (χ1n) is 10.1. The third-order valence-electron chi connectivity index (χ3n) is 5.31. The van der Waals surface area contributed by atoms with Gasteiger partial charge in [0, 0.05) is 23.7 Å². The number of Topliss-reactive ketones (excluding diaryl/α,β-unsaturated/α-hetero) is 1. The van der Waals surface area contributed by atoms with Crippen LogP contribution < -0.4 is 15.0 Å². The van der Waals surface area contributed by atoms with Gasteiger partial charge in [-0.3, -0.25) is 9.59 Å². The summed E-state index contributed by atoms with van der Waals surface area (Å²) in [7, 11) is 0. The van der Waals surface area contributed by atoms with Crippen LogP contribution in [0.15, 0.2) is 96.5 Å². The van der Waals surface area contributed by atoms with Crippen molar-refractivity contribution in [1.82, 2.24) is 10.3 Å². The molecule has 0 radical (unpaired) electrons. The zero-order valence-corrected chi connectivity index (χ0v) is 16.9. The van der Waals surface area contributed by atoms with E-state index in [-0.39, 0.29) is 18.2 Å². The molecule has 0 saturated heterocycles. The lowest BCUT2D eigenvalue weighted by molar-refractivity contribution is 0.0950. The van der Waals surface area contributed by atoms with Gasteiger partial charge in [-0.15, -0.1) is 0 Å². The highest BCUT2D eigenvalue weighted by molar-refractivity contribution is 6.13. The summed E-state index contributed by atoms with van der Waals surface area (Å²) < 4.78 is 19.2. The zero-order chi connectivity index (χ0) is 22.1. The van der Waals surface area contributed by atoms with Crippen LogP contribution in [-0.2, 0) is 0 Å². The first kappa shape index (κ1) is 19.7. The van der Waals surface area contributed by atoms with Crippen molar-refractivity contribution in [3.05, 3.63) is 113 Å². The number of hydrogen-bond acceptors (Lipinski definition) is 5. The lowest BCUT2D eigenvalue weighted by Gasteiger charge is -2.34. The molecule has 7 heteroatoms. The fourth-order valence-electron chi connectivity index (χ4n) is 3.70. The highest BCUT2D eigenvalue weighted by Crippen LogP contribution is 2.35. The molecule has 1 unspecified atom stereocenters. The smallest absolute Gasteiger partial charge is 0.251 e. The Labute approximate surface area is 183 Å². The Hall–Kier alpha value is -4.26. The minimum atomic E-state index is -0.574. The fourth-order valence-corrected chi connectivity index (χ4v) is 3.70. The summed E-state index contributed by atoms with van der Waals surface area (Å²) in [5, 5.41) is 2.84. The van der Waals surface area contributed by atoms with Crippen molar-refractivity contribution in [2.45, 2.75) is 6.10 Å². The van der Waals surface area contributed by atoms with Gasteiger partial charge >= 0.3 is 0 Å². The summed E-state index contributed by atoms with van der Waals surface area (Å²) in [6.45, 7) is 0.159. The molecule has 6 nitrogen and oxygen atoms in total. The van der Waals surface area contributed by atoms with E-state index >= 15 is 0 Å². The second-order valence-electron chi connectivity index (χ2n) is 7.35. The number of hydrogen-bond donors (Lipinski definition) is 1. The number of halogens is 1. The third-order valence-corrected chi connectivity index (χ3v) is 5.31. The van der Waals surface area contributed by atoms with Gasteiger partial charge in [0.25, 0.3) is 5.91 Å². The standard InChI is InChI=1S/C25H18FN3O3/c26-17-10-8-16(9-11-17)25(31)28-14-18-13-22-20(15-29(18)23-7-3-4-12-27-23)24(30)19-5-1-2-6-21(19)32-22/h1-13,15,22H,14H2,(H,28,31). The number of benzene rings is 2. The number of anilines is 1. The second-order valence-corrected chi connectivity index (χ2v) is 7.35. The molecule has 1 atom stereocenters. The predicted octanol–water partition coefficient (Wildman–Crippen LogP) is 3.88. The average Bonchev–Trinajstić information content (AvgIpc) is 2.83. The Balaban J connectivity index is 1.46. The number of nitrogens with one attached hydrogen (secondary N) is 1. The summed E-state index contributed by atoms with van der Waals surface area (Å²) in [5.41, 5.74) is 2.04. The van der Waals surface area contributed by atoms with Crippen molar-refractivity contribution >= 4 is 17.5 Å². The maximum atomic E-state index is 13.2. The molecule has 1 amide bonds. The molecular formula is C25H18FN3O3. The van der Waals surface area contributed by atoms with Gasteiger partial charge in [-0.05, 0) is 54.6 Å². The SMILES string of the molecule is O=C(NCC1=CC2Oc3ccccc3C(=O)C2=CN1c1ccccn1)c1ccc(F)cc1. The third kappa shape index (κ3) is 3.65. The first-order valence-corrected chi connectivity index (χ1v) is 10.1. The Morgan fingerprint density at radius 1 is 1.06 bits per heavy atom. The van der Waals surface area contributed by atoms with E-state index in [4.69, 9.17) is 4.74 Å². The van der Waals surface area contributed by atoms with Crippen LogP contribution >= 0.6 is 0 Å². The van der Waals surface area contributed by atoms with Crippen LogP contribution in [0, 0.1) is 5.82 Å². The molecular weight excluding hydrogens is 409 g/mol. The molecule has 2 aliphatic heterocycles. The molecule has 2 aliphatic rings. The maximum Gasteiger partial charge on any atom is 0.251 e. The lowest BCUT2D eigenvalue weighted by Crippen LogP contribution is -2.39. The van der Waals surface area contributed by atoms with Crippen molar-refractivity contribution in [1.29, 1.82) is 0 Å². The Morgan fingerprint density at radius 2 is 1.84 bits per heavy atom. The molecule has 1 N–H and O–H groups in total. The molecule has 3 heterocycles. The largest absolute Gasteiger partial charge is 0.481 e. The molecule has 0 spiro atoms. The minimum Gasteiger partial charge on any atom is -0.481 e. The van der Waals surface area contributed by atoms with Gasteiger partial charge in [-0.2, -0.15) is 0 Å². The topological polar surface area (TPSA) is 71.5 Å². The summed E-state index contributed by atoms with van der Waals surface area (Å²) in [4.78, 5) is 31.8. The molecule has 158 valence electrons. The van der Waals surface area contributed by atoms with E-state index in [1.54, 1.807) is 41.6 Å². The fraction of sp³-hybridized carbons (Fsp3) is 0.0800. The predicted molar refractivity (Wildman–Crippen MR) is 117 cm³/mol. The monoisotopic (exact) mass is 427 g/mol. The van der Waals surface area contributed by atoms with Gasteiger partial charge in [0.05, 0.1) is 17.7 Å². The number of fused-ring (bicyclic) bond motifs is 2. The van der Waals surface area contributed by atoms with E-state index in [0.717, 1.165) is 0 Å². The summed E-state index contributed by atoms with van der Waals surface area (Å²) >= 11 is 0. The van der Waals surface area contributed by atoms with E-state index in [1.165, 1.54) is 24.3 Å². The number of para-hydroxylation sites is 1. The number of ketones is 1. The van der Waals surface area contributed by atoms with E-state index in [2.05, 4.69) is 10.3 Å². The maximum absolute atomic E-state index is 13.2. The van der Waals surface area contributed by atoms with E-state index in [1.807, 2.05) is 24.3 Å². The van der Waals surface area contributed by atoms with Crippen LogP contribution in [0.4, 0.5) is 10.2 Å². The summed E-state index contributed by atoms with van der Waals surface area (Å²) in [6.07, 6.45) is 4.60. The Kier molecular flexibility index (Phi) is 4.99. The number of nitrogens with zero attached hydrogens (tertiary/aromatic N) is 2. The van der Waals surface area contributed by atoms with Gasteiger partial charge in [0.1, 0.15) is 23.5 Å². The second kappa shape index (κ2) is 8.11. The van der Waals surface area contributed by atoms with Gasteiger partial charge in [0.2, 0.25) is 0 Å². The molecule has 0 aliphatic carbocycles. The highest BCUT2D eigenvalue weighted by atomic mass is 19.1. The summed E-state index contributed by atoms with van der Waals surface area (Å²) in [5.74, 6) is 0.273. The van der Waals surface area contributed by atoms with Crippen molar-refractivity contribution in [2.24, 2.45) is 0 Å². The van der Waals surface area contributed by atoms with Gasteiger partial charge < -0.3 is 15.0 Å². The molecule has 0 bridgehead atoms. The van der Waals surface area contributed by atoms with Crippen molar-refractivity contribution in [3.8, 4) is 5.75 Å². The van der Waals surface area contributed by atoms with Crippen molar-refractivity contribution in [2.75, 3.05) is 11.4 Å². The zero-order valence-electron chi connectivity index (χ0n) is 16.9. The van der Waals surface area contributed by atoms with E-state index < -0.39 is 11.9 Å². The summed E-state index contributed by atoms with van der Waals surface area (Å²) in [6, 6.07) is 17.9. The van der Waals surface area contributed by atoms with E-state index in [0.29, 0.717) is 34.0 Å². The Bertz CT molecular complexity index is 1250. The van der Waals surface area contributed by atoms with E-state index in [9.17, 15) is 14.0 Å². The van der Waals surface area contributed by atoms with Crippen molar-refractivity contribution < 1.29 is 18.7 Å². The highest BCUT2D eigenvalue weighted by Gasteiger charge is 2.35. The van der Waals surface area contributed by atoms with Crippen LogP contribution in [0.3, 0.4) is 0 Å². The average molecular weight is 427 g/mol. The number of aromatic nitrogens is 1. The van der Waals surface area contributed by atoms with Gasteiger partial charge in [-0.25, -0.2) is 9.37 Å². The lowest BCUT2D eigenvalue weighted by atomic mass is 9.93. The van der Waals surface area contributed by atoms with Gasteiger partial charge in [0.15, 0.2) is 5.78 Å². The molecule has 5 rings (SSSR count). The molecule has 0 fully saturated rings. The van der Waals surface area contributed by atoms with Crippen LogP contribution in [0.2, 0.25) is 0 Å². The number of rotatable bonds is 4. The van der Waals surface area contributed by atoms with Crippen LogP contribution in [0.1, 0.15) is 20.7 Å². The van der Waals surface area contributed by atoms with Crippen LogP contribution in [0.5, 0.6) is 5.75 Å². The van der Waals surface area contributed by atoms with Gasteiger partial charge in [-0.1, -0.05) is 18.2 Å².